The zero-order valence-corrected chi connectivity index (χ0v) is 26.7. The van der Waals surface area contributed by atoms with Crippen molar-refractivity contribution in [3.8, 4) is 0 Å². The molecule has 0 amide bonds. The predicted molar refractivity (Wildman–Crippen MR) is 161 cm³/mol. The van der Waals surface area contributed by atoms with E-state index in [1.165, 1.54) is 7.11 Å². The molecule has 4 fully saturated rings. The summed E-state index contributed by atoms with van der Waals surface area (Å²) in [5.74, 6) is -0.658. The Morgan fingerprint density at radius 3 is 2.49 bits per heavy atom. The van der Waals surface area contributed by atoms with E-state index in [1.54, 1.807) is 6.92 Å². The quantitative estimate of drug-likeness (QED) is 0.212. The number of aliphatic carboxylic acids is 1. The van der Waals surface area contributed by atoms with Crippen LogP contribution >= 0.6 is 0 Å². The minimum atomic E-state index is -1.44. The van der Waals surface area contributed by atoms with Gasteiger partial charge >= 0.3 is 12.1 Å². The molecule has 1 aromatic rings. The number of allylic oxidation sites excluding steroid dienone is 1. The molecule has 4 aliphatic carbocycles. The summed E-state index contributed by atoms with van der Waals surface area (Å²) < 4.78 is 29.0. The highest BCUT2D eigenvalue weighted by Gasteiger charge is 2.84. The van der Waals surface area contributed by atoms with Crippen molar-refractivity contribution in [1.82, 2.24) is 0 Å². The van der Waals surface area contributed by atoms with Crippen molar-refractivity contribution < 1.29 is 48.3 Å². The molecule has 6 rings (SSSR count). The average molecular weight is 627 g/mol. The number of hydrogen-bond acceptors (Lipinski definition) is 9. The van der Waals surface area contributed by atoms with Gasteiger partial charge in [-0.15, -0.1) is 0 Å². The second-order valence-electron chi connectivity index (χ2n) is 14.3. The topological polar surface area (TPSA) is 138 Å². The summed E-state index contributed by atoms with van der Waals surface area (Å²) in [7, 11) is 1.44. The van der Waals surface area contributed by atoms with Gasteiger partial charge in [0.25, 0.3) is 0 Å². The standard InChI is InChI=1S/C35H46O10/c1-19(2)26-13-23-14-33(17-36)25-12-11-20(3)24(25)15-34(23,35(26,33)31(38)39)18-43-30-27(37)29(28(41-5)21(4)44-30)45-32(40)42-16-22-9-7-6-8-10-22/h6-10,13,17,19-21,23-25,27-30,37H,11-12,14-16,18H2,1-5H3,(H,38,39)/t20-,21-,23?,24-,25-,27+,28-,29+,30-,33?,34?,35?/m1/s1. The number of hydrogen-bond donors (Lipinski definition) is 2. The van der Waals surface area contributed by atoms with Crippen LogP contribution in [0.3, 0.4) is 0 Å². The predicted octanol–water partition coefficient (Wildman–Crippen LogP) is 4.77. The number of benzene rings is 1. The molecular formula is C35H46O10. The Kier molecular flexibility index (Phi) is 8.42. The maximum Gasteiger partial charge on any atom is 0.509 e. The summed E-state index contributed by atoms with van der Waals surface area (Å²) in [6.45, 7) is 7.90. The molecule has 1 aliphatic heterocycles. The minimum Gasteiger partial charge on any atom is -0.481 e. The number of ether oxygens (including phenoxy) is 5. The van der Waals surface area contributed by atoms with E-state index in [-0.39, 0.29) is 36.9 Å². The van der Waals surface area contributed by atoms with Gasteiger partial charge < -0.3 is 38.7 Å². The maximum absolute atomic E-state index is 13.7. The van der Waals surface area contributed by atoms with Gasteiger partial charge in [-0.25, -0.2) is 4.79 Å². The molecule has 45 heavy (non-hydrogen) atoms. The SMILES string of the molecule is CO[C@H]1[C@@H](OC(=O)OCc2ccccc2)[C@H](O)[C@H](OCC23C[C@@H]4[C@H](C)CC[C@H]4C4(C=O)CC2C=C(C(C)C)C34C(=O)O)O[C@@H]1C. The van der Waals surface area contributed by atoms with Crippen LogP contribution in [-0.4, -0.2) is 73.0 Å². The first-order valence-electron chi connectivity index (χ1n) is 16.2. The second kappa shape index (κ2) is 11.8. The number of carboxylic acids is 1. The highest BCUT2D eigenvalue weighted by Crippen LogP contribution is 2.82. The van der Waals surface area contributed by atoms with Crippen LogP contribution in [0.15, 0.2) is 42.0 Å². The molecule has 12 atom stereocenters. The molecule has 10 heteroatoms. The molecule has 4 unspecified atom stereocenters. The van der Waals surface area contributed by atoms with Crippen molar-refractivity contribution in [2.45, 2.75) is 90.7 Å². The molecule has 1 heterocycles. The van der Waals surface area contributed by atoms with Gasteiger partial charge in [-0.2, -0.15) is 0 Å². The van der Waals surface area contributed by atoms with E-state index in [9.17, 15) is 24.6 Å². The van der Waals surface area contributed by atoms with Gasteiger partial charge in [0.05, 0.1) is 18.1 Å². The van der Waals surface area contributed by atoms with Crippen LogP contribution in [0.4, 0.5) is 4.79 Å². The molecule has 3 saturated carbocycles. The smallest absolute Gasteiger partial charge is 0.481 e. The van der Waals surface area contributed by atoms with Crippen molar-refractivity contribution in [2.75, 3.05) is 13.7 Å². The van der Waals surface area contributed by atoms with Crippen molar-refractivity contribution >= 4 is 18.4 Å². The summed E-state index contributed by atoms with van der Waals surface area (Å²) in [5, 5.41) is 22.7. The maximum atomic E-state index is 13.7. The van der Waals surface area contributed by atoms with Crippen LogP contribution in [0.2, 0.25) is 0 Å². The van der Waals surface area contributed by atoms with Crippen LogP contribution < -0.4 is 0 Å². The van der Waals surface area contributed by atoms with E-state index in [0.717, 1.165) is 30.3 Å². The fraction of sp³-hybridized carbons (Fsp3) is 0.686. The number of rotatable bonds is 10. The van der Waals surface area contributed by atoms with Crippen LogP contribution in [0, 0.1) is 45.8 Å². The van der Waals surface area contributed by atoms with Crippen molar-refractivity contribution in [3.05, 3.63) is 47.5 Å². The zero-order chi connectivity index (χ0) is 32.3. The van der Waals surface area contributed by atoms with E-state index >= 15 is 0 Å². The van der Waals surface area contributed by atoms with E-state index in [0.29, 0.717) is 18.8 Å². The number of carbonyl (C=O) groups excluding carboxylic acids is 2. The molecule has 246 valence electrons. The van der Waals surface area contributed by atoms with Gasteiger partial charge in [-0.1, -0.05) is 69.2 Å². The normalized spacial score (nSPS) is 43.1. The van der Waals surface area contributed by atoms with Crippen LogP contribution in [0.25, 0.3) is 0 Å². The van der Waals surface area contributed by atoms with Crippen molar-refractivity contribution in [2.24, 2.45) is 45.8 Å². The van der Waals surface area contributed by atoms with Crippen molar-refractivity contribution in [3.63, 3.8) is 0 Å². The van der Waals surface area contributed by atoms with Gasteiger partial charge in [0.15, 0.2) is 12.4 Å². The van der Waals surface area contributed by atoms with E-state index < -0.39 is 59.1 Å². The second-order valence-corrected chi connectivity index (χ2v) is 14.3. The number of carboxylic acid groups (broad SMARTS) is 1. The van der Waals surface area contributed by atoms with E-state index in [2.05, 4.69) is 13.0 Å². The number of aliphatic hydroxyl groups excluding tert-OH is 1. The molecule has 2 N–H and O–H groups in total. The monoisotopic (exact) mass is 626 g/mol. The Bertz CT molecular complexity index is 1330. The van der Waals surface area contributed by atoms with Gasteiger partial charge in [-0.3, -0.25) is 4.79 Å². The summed E-state index contributed by atoms with van der Waals surface area (Å²) in [4.78, 5) is 39.7. The lowest BCUT2D eigenvalue weighted by atomic mass is 9.43. The molecule has 0 aromatic heterocycles. The lowest BCUT2D eigenvalue weighted by molar-refractivity contribution is -0.307. The lowest BCUT2D eigenvalue weighted by Gasteiger charge is -2.58. The molecule has 1 aromatic carbocycles. The first-order chi connectivity index (χ1) is 21.5. The molecule has 0 spiro atoms. The van der Waals surface area contributed by atoms with Gasteiger partial charge in [-0.05, 0) is 61.3 Å². The van der Waals surface area contributed by atoms with Crippen LogP contribution in [-0.2, 0) is 39.9 Å². The summed E-state index contributed by atoms with van der Waals surface area (Å²) in [6.07, 6.45) is -0.271. The van der Waals surface area contributed by atoms with Crippen LogP contribution in [0.1, 0.15) is 58.9 Å². The van der Waals surface area contributed by atoms with Gasteiger partial charge in [0.1, 0.15) is 30.5 Å². The third-order valence-electron chi connectivity index (χ3n) is 12.1. The van der Waals surface area contributed by atoms with Gasteiger partial charge in [0, 0.05) is 12.5 Å². The Labute approximate surface area is 264 Å². The summed E-state index contributed by atoms with van der Waals surface area (Å²) in [5.41, 5.74) is -1.74. The summed E-state index contributed by atoms with van der Waals surface area (Å²) in [6, 6.07) is 9.16. The lowest BCUT2D eigenvalue weighted by Crippen LogP contribution is -2.64. The third-order valence-corrected chi connectivity index (χ3v) is 12.1. The Hall–Kier alpha value is -2.79. The summed E-state index contributed by atoms with van der Waals surface area (Å²) >= 11 is 0. The number of carbonyl (C=O) groups is 3. The Morgan fingerprint density at radius 1 is 1.11 bits per heavy atom. The molecule has 1 saturated heterocycles. The highest BCUT2D eigenvalue weighted by atomic mass is 16.8. The van der Waals surface area contributed by atoms with Crippen LogP contribution in [0.5, 0.6) is 0 Å². The molecule has 5 aliphatic rings. The Morgan fingerprint density at radius 2 is 1.84 bits per heavy atom. The zero-order valence-electron chi connectivity index (χ0n) is 26.7. The molecular weight excluding hydrogens is 580 g/mol. The average Bonchev–Trinajstić information content (AvgIpc) is 3.59. The van der Waals surface area contributed by atoms with E-state index in [1.807, 2.05) is 44.2 Å². The fourth-order valence-electron chi connectivity index (χ4n) is 10.3. The molecule has 0 radical (unpaired) electrons. The minimum absolute atomic E-state index is 0.000332. The first-order valence-corrected chi connectivity index (χ1v) is 16.2. The molecule has 10 nitrogen and oxygen atoms in total. The van der Waals surface area contributed by atoms with Crippen molar-refractivity contribution in [1.29, 1.82) is 0 Å². The highest BCUT2D eigenvalue weighted by molar-refractivity contribution is 5.90. The van der Waals surface area contributed by atoms with E-state index in [4.69, 9.17) is 23.7 Å². The fourth-order valence-corrected chi connectivity index (χ4v) is 10.3. The third kappa shape index (κ3) is 4.53. The largest absolute Gasteiger partial charge is 0.509 e. The number of aliphatic hydroxyl groups is 1. The van der Waals surface area contributed by atoms with Gasteiger partial charge in [0.2, 0.25) is 0 Å². The first kappa shape index (κ1) is 32.2. The molecule has 4 bridgehead atoms. The number of fused-ring (bicyclic) bond motifs is 2. The Balaban J connectivity index is 1.27. The number of methoxy groups -OCH3 is 1. The number of aldehydes is 1.